The lowest BCUT2D eigenvalue weighted by Crippen LogP contribution is -2.28. The molecule has 2 aliphatic carbocycles. The van der Waals surface area contributed by atoms with Crippen LogP contribution in [-0.2, 0) is 17.3 Å². The Bertz CT molecular complexity index is 4120. The van der Waals surface area contributed by atoms with Crippen LogP contribution in [0.3, 0.4) is 0 Å². The van der Waals surface area contributed by atoms with Crippen LogP contribution in [0.2, 0.25) is 0 Å². The zero-order chi connectivity index (χ0) is 47.9. The van der Waals surface area contributed by atoms with Crippen LogP contribution in [-0.4, -0.2) is 30.1 Å². The van der Waals surface area contributed by atoms with E-state index in [0.717, 1.165) is 74.4 Å². The van der Waals surface area contributed by atoms with Crippen LogP contribution in [0.25, 0.3) is 71.9 Å². The third kappa shape index (κ3) is 5.88. The van der Waals surface area contributed by atoms with Crippen molar-refractivity contribution in [3.63, 3.8) is 0 Å². The molecule has 2 aliphatic rings. The second-order valence-electron chi connectivity index (χ2n) is 18.7. The van der Waals surface area contributed by atoms with Crippen LogP contribution >= 0.6 is 68.8 Å². The summed E-state index contributed by atoms with van der Waals surface area (Å²) in [6.07, 6.45) is 2.70. The molecule has 6 heterocycles. The number of carbonyl (C=O) groups excluding carboxylic acids is 2. The molecule has 0 radical (unpaired) electrons. The molecule has 6 nitrogen and oxygen atoms in total. The van der Waals surface area contributed by atoms with Crippen LogP contribution in [0, 0.1) is 20.8 Å². The Labute approximate surface area is 433 Å². The summed E-state index contributed by atoms with van der Waals surface area (Å²) in [6, 6.07) is 49.7. The number of thiophene rings is 4. The SMILES string of the molecule is CCc1ccc(C2(c3ccc(C)cc3)c3cc(-c4ccc(C=O)c5nsnc45)sc3-c3sc4c5c(sc4c32)-c2sc(-c3ccc(C=O)c4nsnc34)cc2C5(c2ccc(C)cc2)c2ccc(C)cc2)cc1. The quantitative estimate of drug-likeness (QED) is 0.134. The number of carbonyl (C=O) groups is 2. The van der Waals surface area contributed by atoms with Crippen molar-refractivity contribution in [2.24, 2.45) is 0 Å². The highest BCUT2D eigenvalue weighted by molar-refractivity contribution is 7.35. The largest absolute Gasteiger partial charge is 0.298 e. The molecule has 0 aliphatic heterocycles. The highest BCUT2D eigenvalue weighted by atomic mass is 32.1. The zero-order valence-electron chi connectivity index (χ0n) is 38.6. The fourth-order valence-corrected chi connectivity index (χ4v) is 18.5. The fourth-order valence-electron chi connectivity index (χ4n) is 11.4. The van der Waals surface area contributed by atoms with Gasteiger partial charge in [-0.2, -0.15) is 17.5 Å². The number of hydrogen-bond acceptors (Lipinski definition) is 12. The van der Waals surface area contributed by atoms with Gasteiger partial charge in [0.15, 0.2) is 12.6 Å². The van der Waals surface area contributed by atoms with Gasteiger partial charge in [-0.3, -0.25) is 9.59 Å². The van der Waals surface area contributed by atoms with Crippen LogP contribution in [0.15, 0.2) is 133 Å². The summed E-state index contributed by atoms with van der Waals surface area (Å²) in [5.41, 5.74) is 19.6. The van der Waals surface area contributed by atoms with Gasteiger partial charge >= 0.3 is 0 Å². The smallest absolute Gasteiger partial charge is 0.152 e. The Balaban J connectivity index is 1.12. The summed E-state index contributed by atoms with van der Waals surface area (Å²) in [4.78, 5) is 31.7. The predicted molar refractivity (Wildman–Crippen MR) is 297 cm³/mol. The first-order valence-corrected chi connectivity index (χ1v) is 28.1. The molecular weight excluding hydrogens is 989 g/mol. The molecule has 0 bridgehead atoms. The van der Waals surface area contributed by atoms with Gasteiger partial charge in [0.05, 0.1) is 63.2 Å². The average molecular weight is 1030 g/mol. The first-order valence-electron chi connectivity index (χ1n) is 23.4. The van der Waals surface area contributed by atoms with E-state index in [2.05, 4.69) is 152 Å². The lowest BCUT2D eigenvalue weighted by atomic mass is 9.67. The van der Waals surface area contributed by atoms with Gasteiger partial charge in [-0.1, -0.05) is 133 Å². The molecule has 1 atom stereocenters. The van der Waals surface area contributed by atoms with Crippen molar-refractivity contribution >= 4 is 113 Å². The second kappa shape index (κ2) is 15.9. The molecule has 14 rings (SSSR count). The Morgan fingerprint density at radius 1 is 0.437 bits per heavy atom. The van der Waals surface area contributed by atoms with E-state index in [9.17, 15) is 9.59 Å². The number of rotatable bonds is 9. The molecule has 0 saturated heterocycles. The van der Waals surface area contributed by atoms with Gasteiger partial charge in [-0.05, 0) is 90.4 Å². The molecule has 6 aromatic heterocycles. The topological polar surface area (TPSA) is 85.7 Å². The number of fused-ring (bicyclic) bond motifs is 11. The lowest BCUT2D eigenvalue weighted by Gasteiger charge is -2.34. The summed E-state index contributed by atoms with van der Waals surface area (Å²) in [5, 5.41) is 0. The van der Waals surface area contributed by atoms with E-state index in [0.29, 0.717) is 22.2 Å². The molecule has 12 aromatic rings. The van der Waals surface area contributed by atoms with E-state index in [1.54, 1.807) is 0 Å². The number of aromatic nitrogens is 4. The average Bonchev–Trinajstić information content (AvgIpc) is 4.28. The molecule has 1 unspecified atom stereocenters. The molecule has 0 amide bonds. The van der Waals surface area contributed by atoms with Crippen LogP contribution in [0.5, 0.6) is 0 Å². The lowest BCUT2D eigenvalue weighted by molar-refractivity contribution is 0.111. The van der Waals surface area contributed by atoms with E-state index < -0.39 is 10.8 Å². The normalized spacial score (nSPS) is 15.4. The molecular formula is C59H38N4O2S6. The Morgan fingerprint density at radius 3 is 1.17 bits per heavy atom. The Morgan fingerprint density at radius 2 is 0.803 bits per heavy atom. The van der Waals surface area contributed by atoms with Crippen LogP contribution < -0.4 is 0 Å². The van der Waals surface area contributed by atoms with E-state index in [1.807, 2.05) is 63.5 Å². The van der Waals surface area contributed by atoms with Crippen molar-refractivity contribution in [2.45, 2.75) is 44.9 Å². The third-order valence-electron chi connectivity index (χ3n) is 14.9. The van der Waals surface area contributed by atoms with Crippen molar-refractivity contribution in [1.82, 2.24) is 17.5 Å². The molecule has 71 heavy (non-hydrogen) atoms. The summed E-state index contributed by atoms with van der Waals surface area (Å²) >= 11 is 9.84. The minimum Gasteiger partial charge on any atom is -0.298 e. The van der Waals surface area contributed by atoms with Gasteiger partial charge in [0.2, 0.25) is 0 Å². The van der Waals surface area contributed by atoms with Crippen LogP contribution in [0.4, 0.5) is 0 Å². The summed E-state index contributed by atoms with van der Waals surface area (Å²) in [6.45, 7) is 8.71. The van der Waals surface area contributed by atoms with Gasteiger partial charge < -0.3 is 0 Å². The summed E-state index contributed by atoms with van der Waals surface area (Å²) < 4.78 is 21.4. The summed E-state index contributed by atoms with van der Waals surface area (Å²) in [5.74, 6) is 0. The van der Waals surface area contributed by atoms with Gasteiger partial charge in [0.25, 0.3) is 0 Å². The van der Waals surface area contributed by atoms with Crippen molar-refractivity contribution in [1.29, 1.82) is 0 Å². The minimum atomic E-state index is -0.665. The zero-order valence-corrected chi connectivity index (χ0v) is 43.5. The Kier molecular flexibility index (Phi) is 9.69. The molecule has 6 aromatic carbocycles. The van der Waals surface area contributed by atoms with Crippen molar-refractivity contribution in [3.8, 4) is 40.4 Å². The minimum absolute atomic E-state index is 0.552. The van der Waals surface area contributed by atoms with Crippen molar-refractivity contribution in [3.05, 3.63) is 211 Å². The highest BCUT2D eigenvalue weighted by Crippen LogP contribution is 2.70. The predicted octanol–water partition coefficient (Wildman–Crippen LogP) is 16.3. The standard InChI is InChI=1S/C59H38N4O2S6/c1-5-33-12-22-39(23-13-33)59(38-20-10-32(4)11-21-38)43-27-45(41-25-15-35(29-65)49-51(41)63-71-61-49)67-53(43)55-47(59)57-56(69-55)46-54(68-57)52-42(26-44(66-52)40-24-14-34(28-64)48-50(40)62-70-60-48)58(46,36-16-6-30(2)7-17-36)37-18-8-31(3)9-19-37/h6-29H,5H2,1-4H3. The maximum atomic E-state index is 12.2. The van der Waals surface area contributed by atoms with Gasteiger partial charge in [-0.25, -0.2) is 0 Å². The van der Waals surface area contributed by atoms with E-state index in [-0.39, 0.29) is 0 Å². The van der Waals surface area contributed by atoms with E-state index >= 15 is 0 Å². The van der Waals surface area contributed by atoms with Crippen LogP contribution in [0.1, 0.15) is 94.4 Å². The molecule has 0 fully saturated rings. The number of benzene rings is 6. The molecule has 0 N–H and O–H groups in total. The Hall–Kier alpha value is -6.64. The molecule has 0 spiro atoms. The van der Waals surface area contributed by atoms with E-state index in [1.165, 1.54) is 95.7 Å². The maximum Gasteiger partial charge on any atom is 0.152 e. The van der Waals surface area contributed by atoms with Gasteiger partial charge in [0.1, 0.15) is 22.1 Å². The molecule has 342 valence electrons. The number of aryl methyl sites for hydroxylation is 4. The maximum absolute atomic E-state index is 12.2. The number of aldehydes is 2. The summed E-state index contributed by atoms with van der Waals surface area (Å²) in [7, 11) is 0. The van der Waals surface area contributed by atoms with Crippen molar-refractivity contribution < 1.29 is 9.59 Å². The van der Waals surface area contributed by atoms with Gasteiger partial charge in [0, 0.05) is 43.1 Å². The third-order valence-corrected chi connectivity index (χ3v) is 21.2. The number of hydrogen-bond donors (Lipinski definition) is 0. The first kappa shape index (κ1) is 43.2. The van der Waals surface area contributed by atoms with E-state index in [4.69, 9.17) is 8.75 Å². The van der Waals surface area contributed by atoms with Gasteiger partial charge in [-0.15, -0.1) is 45.3 Å². The number of nitrogens with zero attached hydrogens (tertiary/aromatic N) is 4. The molecule has 12 heteroatoms. The monoisotopic (exact) mass is 1030 g/mol. The second-order valence-corrected chi connectivity index (χ2v) is 23.9. The fraction of sp³-hybridized carbons (Fsp3) is 0.119. The highest BCUT2D eigenvalue weighted by Gasteiger charge is 2.55. The molecule has 0 saturated carbocycles. The van der Waals surface area contributed by atoms with Crippen molar-refractivity contribution in [2.75, 3.05) is 0 Å². The first-order chi connectivity index (χ1) is 34.8.